The molecule has 100 valence electrons. The second-order valence-corrected chi connectivity index (χ2v) is 5.39. The van der Waals surface area contributed by atoms with Gasteiger partial charge in [-0.2, -0.15) is 0 Å². The smallest absolute Gasteiger partial charge is 0.0415 e. The lowest BCUT2D eigenvalue weighted by atomic mass is 10.1. The number of rotatable bonds is 5. The van der Waals surface area contributed by atoms with E-state index in [9.17, 15) is 0 Å². The van der Waals surface area contributed by atoms with Crippen molar-refractivity contribution in [1.82, 2.24) is 5.32 Å². The Balaban J connectivity index is 2.25. The Bertz CT molecular complexity index is 392. The van der Waals surface area contributed by atoms with Crippen molar-refractivity contribution in [1.29, 1.82) is 0 Å². The summed E-state index contributed by atoms with van der Waals surface area (Å²) in [5.41, 5.74) is 2.69. The number of hydrogen-bond donors (Lipinski definition) is 1. The van der Waals surface area contributed by atoms with Crippen molar-refractivity contribution in [2.45, 2.75) is 45.7 Å². The van der Waals surface area contributed by atoms with E-state index in [1.165, 1.54) is 37.1 Å². The Hall–Kier alpha value is -0.730. The molecule has 0 radical (unpaired) electrons. The van der Waals surface area contributed by atoms with Crippen LogP contribution in [0.15, 0.2) is 18.2 Å². The van der Waals surface area contributed by atoms with Gasteiger partial charge in [0, 0.05) is 29.8 Å². The number of halogens is 1. The molecule has 1 unspecified atom stereocenters. The lowest BCUT2D eigenvalue weighted by Crippen LogP contribution is -2.30. The summed E-state index contributed by atoms with van der Waals surface area (Å²) < 4.78 is 0. The van der Waals surface area contributed by atoms with E-state index in [0.717, 1.165) is 18.1 Å². The molecule has 1 fully saturated rings. The molecule has 0 saturated carbocycles. The average Bonchev–Trinajstić information content (AvgIpc) is 2.84. The van der Waals surface area contributed by atoms with Gasteiger partial charge in [0.1, 0.15) is 0 Å². The number of nitrogens with zero attached hydrogens (tertiary/aromatic N) is 1. The highest BCUT2D eigenvalue weighted by Gasteiger charge is 2.24. The molecule has 2 rings (SSSR count). The summed E-state index contributed by atoms with van der Waals surface area (Å²) in [5.74, 6) is 0. The molecule has 1 N–H and O–H groups in total. The van der Waals surface area contributed by atoms with E-state index < -0.39 is 0 Å². The van der Waals surface area contributed by atoms with Crippen molar-refractivity contribution in [3.63, 3.8) is 0 Å². The fourth-order valence-corrected chi connectivity index (χ4v) is 3.01. The number of hydrogen-bond acceptors (Lipinski definition) is 2. The maximum Gasteiger partial charge on any atom is 0.0415 e. The van der Waals surface area contributed by atoms with Crippen LogP contribution in [0.3, 0.4) is 0 Å². The molecule has 1 aliphatic heterocycles. The standard InChI is InChI=1S/C15H23ClN2/c1-3-14-6-5-9-18(14)15-8-7-13(16)10-12(15)11-17-4-2/h7-8,10,14,17H,3-6,9,11H2,1-2H3. The van der Waals surface area contributed by atoms with E-state index in [1.807, 2.05) is 6.07 Å². The predicted octanol–water partition coefficient (Wildman–Crippen LogP) is 3.83. The number of nitrogens with one attached hydrogen (secondary N) is 1. The summed E-state index contributed by atoms with van der Waals surface area (Å²) in [6.45, 7) is 7.49. The monoisotopic (exact) mass is 266 g/mol. The van der Waals surface area contributed by atoms with Gasteiger partial charge in [0.2, 0.25) is 0 Å². The van der Waals surface area contributed by atoms with Gasteiger partial charge in [0.05, 0.1) is 0 Å². The van der Waals surface area contributed by atoms with E-state index in [4.69, 9.17) is 11.6 Å². The maximum atomic E-state index is 6.13. The summed E-state index contributed by atoms with van der Waals surface area (Å²) in [7, 11) is 0. The highest BCUT2D eigenvalue weighted by Crippen LogP contribution is 2.31. The van der Waals surface area contributed by atoms with E-state index in [0.29, 0.717) is 6.04 Å². The molecule has 1 atom stereocenters. The van der Waals surface area contributed by atoms with E-state index in [2.05, 4.69) is 36.2 Å². The van der Waals surface area contributed by atoms with Crippen LogP contribution in [-0.2, 0) is 6.54 Å². The predicted molar refractivity (Wildman–Crippen MR) is 79.5 cm³/mol. The van der Waals surface area contributed by atoms with Gasteiger partial charge in [-0.25, -0.2) is 0 Å². The van der Waals surface area contributed by atoms with Gasteiger partial charge >= 0.3 is 0 Å². The summed E-state index contributed by atoms with van der Waals surface area (Å²) in [4.78, 5) is 2.56. The maximum absolute atomic E-state index is 6.13. The molecular formula is C15H23ClN2. The minimum Gasteiger partial charge on any atom is -0.368 e. The molecule has 1 aromatic rings. The van der Waals surface area contributed by atoms with Crippen LogP contribution < -0.4 is 10.2 Å². The van der Waals surface area contributed by atoms with Crippen molar-refractivity contribution in [3.05, 3.63) is 28.8 Å². The van der Waals surface area contributed by atoms with Crippen LogP contribution >= 0.6 is 11.6 Å². The van der Waals surface area contributed by atoms with Gasteiger partial charge in [-0.15, -0.1) is 0 Å². The van der Waals surface area contributed by atoms with Gasteiger partial charge in [0.25, 0.3) is 0 Å². The van der Waals surface area contributed by atoms with Crippen LogP contribution in [0.4, 0.5) is 5.69 Å². The lowest BCUT2D eigenvalue weighted by Gasteiger charge is -2.28. The second kappa shape index (κ2) is 6.44. The molecule has 0 spiro atoms. The Morgan fingerprint density at radius 1 is 1.39 bits per heavy atom. The van der Waals surface area contributed by atoms with E-state index in [-0.39, 0.29) is 0 Å². The van der Waals surface area contributed by atoms with Gasteiger partial charge in [-0.1, -0.05) is 25.4 Å². The fraction of sp³-hybridized carbons (Fsp3) is 0.600. The van der Waals surface area contributed by atoms with Crippen molar-refractivity contribution >= 4 is 17.3 Å². The Morgan fingerprint density at radius 3 is 2.94 bits per heavy atom. The first-order valence-corrected chi connectivity index (χ1v) is 7.39. The van der Waals surface area contributed by atoms with Crippen LogP contribution in [-0.4, -0.2) is 19.1 Å². The number of anilines is 1. The van der Waals surface area contributed by atoms with Gasteiger partial charge in [-0.3, -0.25) is 0 Å². The van der Waals surface area contributed by atoms with Crippen LogP contribution in [0.25, 0.3) is 0 Å². The van der Waals surface area contributed by atoms with Crippen molar-refractivity contribution in [2.24, 2.45) is 0 Å². The SMILES string of the molecule is CCNCc1cc(Cl)ccc1N1CCCC1CC. The molecule has 0 bridgehead atoms. The minimum atomic E-state index is 0.701. The number of benzene rings is 1. The molecule has 0 aliphatic carbocycles. The summed E-state index contributed by atoms with van der Waals surface area (Å²) in [6, 6.07) is 7.00. The highest BCUT2D eigenvalue weighted by atomic mass is 35.5. The Labute approximate surface area is 115 Å². The van der Waals surface area contributed by atoms with Crippen molar-refractivity contribution in [2.75, 3.05) is 18.0 Å². The largest absolute Gasteiger partial charge is 0.368 e. The zero-order valence-corrected chi connectivity index (χ0v) is 12.1. The molecular weight excluding hydrogens is 244 g/mol. The highest BCUT2D eigenvalue weighted by molar-refractivity contribution is 6.30. The Kier molecular flexibility index (Phi) is 4.90. The first-order valence-electron chi connectivity index (χ1n) is 7.02. The van der Waals surface area contributed by atoms with Crippen LogP contribution in [0, 0.1) is 0 Å². The topological polar surface area (TPSA) is 15.3 Å². The van der Waals surface area contributed by atoms with E-state index >= 15 is 0 Å². The quantitative estimate of drug-likeness (QED) is 0.871. The summed E-state index contributed by atoms with van der Waals surface area (Å²) >= 11 is 6.13. The van der Waals surface area contributed by atoms with Crippen LogP contribution in [0.5, 0.6) is 0 Å². The zero-order valence-electron chi connectivity index (χ0n) is 11.4. The van der Waals surface area contributed by atoms with Crippen molar-refractivity contribution in [3.8, 4) is 0 Å². The summed E-state index contributed by atoms with van der Waals surface area (Å²) in [5, 5.41) is 4.24. The third kappa shape index (κ3) is 2.99. The zero-order chi connectivity index (χ0) is 13.0. The molecule has 1 aromatic carbocycles. The molecule has 3 heteroatoms. The Morgan fingerprint density at radius 2 is 2.22 bits per heavy atom. The molecule has 1 saturated heterocycles. The third-order valence-corrected chi connectivity index (χ3v) is 4.00. The molecule has 0 aromatic heterocycles. The molecule has 1 aliphatic rings. The van der Waals surface area contributed by atoms with Gasteiger partial charge in [-0.05, 0) is 49.6 Å². The minimum absolute atomic E-state index is 0.701. The summed E-state index contributed by atoms with van der Waals surface area (Å²) in [6.07, 6.45) is 3.85. The molecule has 18 heavy (non-hydrogen) atoms. The second-order valence-electron chi connectivity index (χ2n) is 4.95. The van der Waals surface area contributed by atoms with Crippen molar-refractivity contribution < 1.29 is 0 Å². The lowest BCUT2D eigenvalue weighted by molar-refractivity contribution is 0.640. The molecule has 2 nitrogen and oxygen atoms in total. The van der Waals surface area contributed by atoms with Crippen LogP contribution in [0.2, 0.25) is 5.02 Å². The fourth-order valence-electron chi connectivity index (χ4n) is 2.81. The molecule has 1 heterocycles. The third-order valence-electron chi connectivity index (χ3n) is 3.76. The first-order chi connectivity index (χ1) is 8.76. The first kappa shape index (κ1) is 13.7. The molecule has 0 amide bonds. The van der Waals surface area contributed by atoms with Gasteiger partial charge in [0.15, 0.2) is 0 Å². The van der Waals surface area contributed by atoms with E-state index in [1.54, 1.807) is 0 Å². The normalized spacial score (nSPS) is 19.5. The van der Waals surface area contributed by atoms with Gasteiger partial charge < -0.3 is 10.2 Å². The average molecular weight is 267 g/mol. The van der Waals surface area contributed by atoms with Crippen LogP contribution in [0.1, 0.15) is 38.7 Å².